The molecule has 0 heterocycles. The summed E-state index contributed by atoms with van der Waals surface area (Å²) in [5.41, 5.74) is 6.05. The predicted octanol–water partition coefficient (Wildman–Crippen LogP) is 3.50. The van der Waals surface area contributed by atoms with Crippen LogP contribution in [0.3, 0.4) is 0 Å². The van der Waals surface area contributed by atoms with Gasteiger partial charge in [-0.15, -0.1) is 0 Å². The van der Waals surface area contributed by atoms with Gasteiger partial charge in [0.1, 0.15) is 11.6 Å². The second-order valence-electron chi connectivity index (χ2n) is 4.44. The Balaban J connectivity index is 2.45. The molecule has 0 aliphatic carbocycles. The van der Waals surface area contributed by atoms with Crippen molar-refractivity contribution in [2.45, 2.75) is 12.0 Å². The molecule has 2 rings (SSSR count). The molecule has 2 aromatic carbocycles. The lowest BCUT2D eigenvalue weighted by atomic mass is 9.89. The SMILES string of the molecule is NCC(c1ccccc1Br)C(O)c1c(F)cccc1F. The van der Waals surface area contributed by atoms with Crippen molar-refractivity contribution in [2.24, 2.45) is 5.73 Å². The third-order valence-corrected chi connectivity index (χ3v) is 3.96. The van der Waals surface area contributed by atoms with E-state index in [0.717, 1.165) is 16.6 Å². The van der Waals surface area contributed by atoms with E-state index in [9.17, 15) is 13.9 Å². The molecule has 0 amide bonds. The minimum absolute atomic E-state index is 0.0670. The van der Waals surface area contributed by atoms with Gasteiger partial charge in [-0.2, -0.15) is 0 Å². The smallest absolute Gasteiger partial charge is 0.131 e. The van der Waals surface area contributed by atoms with Gasteiger partial charge in [-0.25, -0.2) is 8.78 Å². The van der Waals surface area contributed by atoms with Crippen molar-refractivity contribution in [1.82, 2.24) is 0 Å². The van der Waals surface area contributed by atoms with Gasteiger partial charge >= 0.3 is 0 Å². The summed E-state index contributed by atoms with van der Waals surface area (Å²) >= 11 is 3.36. The van der Waals surface area contributed by atoms with E-state index >= 15 is 0 Å². The van der Waals surface area contributed by atoms with Gasteiger partial charge in [-0.1, -0.05) is 40.2 Å². The summed E-state index contributed by atoms with van der Waals surface area (Å²) in [6.45, 7) is 0.0670. The van der Waals surface area contributed by atoms with Gasteiger partial charge in [0.05, 0.1) is 11.7 Å². The molecule has 0 bridgehead atoms. The number of hydrogen-bond acceptors (Lipinski definition) is 2. The highest BCUT2D eigenvalue weighted by Crippen LogP contribution is 2.36. The van der Waals surface area contributed by atoms with E-state index in [4.69, 9.17) is 5.73 Å². The minimum Gasteiger partial charge on any atom is -0.388 e. The lowest BCUT2D eigenvalue weighted by molar-refractivity contribution is 0.138. The van der Waals surface area contributed by atoms with Crippen LogP contribution in [0.4, 0.5) is 8.78 Å². The molecule has 2 aromatic rings. The summed E-state index contributed by atoms with van der Waals surface area (Å²) in [6.07, 6.45) is -1.35. The van der Waals surface area contributed by atoms with E-state index in [1.807, 2.05) is 6.07 Å². The molecule has 0 fully saturated rings. The first-order valence-corrected chi connectivity index (χ1v) is 6.92. The molecular weight excluding hydrogens is 328 g/mol. The second kappa shape index (κ2) is 6.43. The zero-order valence-corrected chi connectivity index (χ0v) is 12.1. The van der Waals surface area contributed by atoms with Gasteiger partial charge in [-0.05, 0) is 23.8 Å². The Bertz CT molecular complexity index is 586. The molecule has 2 atom stereocenters. The van der Waals surface area contributed by atoms with Crippen LogP contribution in [-0.4, -0.2) is 11.7 Å². The molecule has 5 heteroatoms. The minimum atomic E-state index is -1.35. The zero-order chi connectivity index (χ0) is 14.7. The summed E-state index contributed by atoms with van der Waals surface area (Å²) in [5.74, 6) is -2.15. The normalized spacial score (nSPS) is 14.1. The van der Waals surface area contributed by atoms with Crippen LogP contribution in [-0.2, 0) is 0 Å². The zero-order valence-electron chi connectivity index (χ0n) is 10.6. The van der Waals surface area contributed by atoms with Gasteiger partial charge in [0, 0.05) is 16.9 Å². The molecular formula is C15H14BrF2NO. The predicted molar refractivity (Wildman–Crippen MR) is 77.3 cm³/mol. The van der Waals surface area contributed by atoms with Crippen LogP contribution in [0.2, 0.25) is 0 Å². The van der Waals surface area contributed by atoms with Crippen molar-refractivity contribution < 1.29 is 13.9 Å². The van der Waals surface area contributed by atoms with E-state index in [1.54, 1.807) is 18.2 Å². The van der Waals surface area contributed by atoms with Crippen LogP contribution < -0.4 is 5.73 Å². The molecule has 0 radical (unpaired) electrons. The fraction of sp³-hybridized carbons (Fsp3) is 0.200. The quantitative estimate of drug-likeness (QED) is 0.893. The Hall–Kier alpha value is -1.30. The second-order valence-corrected chi connectivity index (χ2v) is 5.30. The number of benzene rings is 2. The number of rotatable bonds is 4. The summed E-state index contributed by atoms with van der Waals surface area (Å²) in [4.78, 5) is 0. The largest absolute Gasteiger partial charge is 0.388 e. The number of nitrogens with two attached hydrogens (primary N) is 1. The average Bonchev–Trinajstić information content (AvgIpc) is 2.41. The molecule has 2 nitrogen and oxygen atoms in total. The first-order chi connectivity index (χ1) is 9.56. The molecule has 2 unspecified atom stereocenters. The van der Waals surface area contributed by atoms with Gasteiger partial charge in [0.2, 0.25) is 0 Å². The van der Waals surface area contributed by atoms with Gasteiger partial charge in [0.15, 0.2) is 0 Å². The van der Waals surface area contributed by atoms with Gasteiger partial charge in [0.25, 0.3) is 0 Å². The van der Waals surface area contributed by atoms with Crippen LogP contribution >= 0.6 is 15.9 Å². The lowest BCUT2D eigenvalue weighted by Crippen LogP contribution is -2.22. The van der Waals surface area contributed by atoms with E-state index in [2.05, 4.69) is 15.9 Å². The van der Waals surface area contributed by atoms with Crippen molar-refractivity contribution in [3.63, 3.8) is 0 Å². The average molecular weight is 342 g/mol. The fourth-order valence-corrected chi connectivity index (χ4v) is 2.78. The molecule has 0 aliphatic heterocycles. The Kier molecular flexibility index (Phi) is 4.86. The summed E-state index contributed by atoms with van der Waals surface area (Å²) in [5, 5.41) is 10.3. The third kappa shape index (κ3) is 2.90. The molecule has 0 saturated carbocycles. The number of aliphatic hydroxyl groups is 1. The van der Waals surface area contributed by atoms with E-state index < -0.39 is 23.7 Å². The molecule has 0 spiro atoms. The highest BCUT2D eigenvalue weighted by molar-refractivity contribution is 9.10. The third-order valence-electron chi connectivity index (χ3n) is 3.24. The highest BCUT2D eigenvalue weighted by atomic mass is 79.9. The molecule has 0 saturated heterocycles. The molecule has 106 valence electrons. The van der Waals surface area contributed by atoms with E-state index in [1.165, 1.54) is 6.07 Å². The van der Waals surface area contributed by atoms with Crippen molar-refractivity contribution in [3.05, 3.63) is 69.7 Å². The van der Waals surface area contributed by atoms with Crippen LogP contribution in [0.15, 0.2) is 46.9 Å². The maximum atomic E-state index is 13.8. The number of halogens is 3. The summed E-state index contributed by atoms with van der Waals surface area (Å²) in [6, 6.07) is 10.7. The first-order valence-electron chi connectivity index (χ1n) is 6.12. The number of aliphatic hydroxyl groups excluding tert-OH is 1. The Labute approximate surface area is 124 Å². The Morgan fingerprint density at radius 2 is 1.65 bits per heavy atom. The first kappa shape index (κ1) is 15.1. The van der Waals surface area contributed by atoms with E-state index in [-0.39, 0.29) is 12.1 Å². The maximum absolute atomic E-state index is 13.8. The van der Waals surface area contributed by atoms with Crippen LogP contribution in [0.5, 0.6) is 0 Å². The highest BCUT2D eigenvalue weighted by Gasteiger charge is 2.27. The summed E-state index contributed by atoms with van der Waals surface area (Å²) in [7, 11) is 0. The van der Waals surface area contributed by atoms with Crippen molar-refractivity contribution in [2.75, 3.05) is 6.54 Å². The van der Waals surface area contributed by atoms with E-state index in [0.29, 0.717) is 5.56 Å². The molecule has 0 aliphatic rings. The van der Waals surface area contributed by atoms with Crippen LogP contribution in [0.25, 0.3) is 0 Å². The van der Waals surface area contributed by atoms with Crippen LogP contribution in [0, 0.1) is 11.6 Å². The number of hydrogen-bond donors (Lipinski definition) is 2. The lowest BCUT2D eigenvalue weighted by Gasteiger charge is -2.24. The molecule has 3 N–H and O–H groups in total. The molecule has 0 aromatic heterocycles. The fourth-order valence-electron chi connectivity index (χ4n) is 2.20. The monoisotopic (exact) mass is 341 g/mol. The van der Waals surface area contributed by atoms with Crippen molar-refractivity contribution in [1.29, 1.82) is 0 Å². The van der Waals surface area contributed by atoms with Crippen molar-refractivity contribution >= 4 is 15.9 Å². The van der Waals surface area contributed by atoms with Crippen LogP contribution in [0.1, 0.15) is 23.1 Å². The topological polar surface area (TPSA) is 46.2 Å². The van der Waals surface area contributed by atoms with Gasteiger partial charge < -0.3 is 10.8 Å². The summed E-state index contributed by atoms with van der Waals surface area (Å²) < 4.78 is 28.3. The Morgan fingerprint density at radius 3 is 2.20 bits per heavy atom. The standard InChI is InChI=1S/C15H14BrF2NO/c16-11-5-2-1-4-9(11)10(8-19)15(20)14-12(17)6-3-7-13(14)18/h1-7,10,15,20H,8,19H2. The maximum Gasteiger partial charge on any atom is 0.131 e. The van der Waals surface area contributed by atoms with Crippen molar-refractivity contribution in [3.8, 4) is 0 Å². The van der Waals surface area contributed by atoms with Gasteiger partial charge in [-0.3, -0.25) is 0 Å². The Morgan fingerprint density at radius 1 is 1.05 bits per heavy atom. The molecule has 20 heavy (non-hydrogen) atoms.